The zero-order valence-electron chi connectivity index (χ0n) is 10.3. The quantitative estimate of drug-likeness (QED) is 0.726. The first-order valence-electron chi connectivity index (χ1n) is 6.80. The zero-order valence-corrected chi connectivity index (χ0v) is 10.3. The Morgan fingerprint density at radius 2 is 1.83 bits per heavy atom. The fourth-order valence-corrected chi connectivity index (χ4v) is 3.59. The molecule has 0 aromatic carbocycles. The fourth-order valence-electron chi connectivity index (χ4n) is 3.59. The summed E-state index contributed by atoms with van der Waals surface area (Å²) >= 11 is 0. The van der Waals surface area contributed by atoms with E-state index in [0.717, 1.165) is 19.6 Å². The summed E-state index contributed by atoms with van der Waals surface area (Å²) in [5.74, 6) is -0.373. The molecule has 2 saturated heterocycles. The summed E-state index contributed by atoms with van der Waals surface area (Å²) in [6, 6.07) is 0.0119. The van der Waals surface area contributed by atoms with Crippen molar-refractivity contribution < 1.29 is 13.2 Å². The number of nitrogens with zero attached hydrogens (tertiary/aromatic N) is 1. The summed E-state index contributed by atoms with van der Waals surface area (Å²) in [5.41, 5.74) is 0. The molecule has 0 bridgehead atoms. The van der Waals surface area contributed by atoms with E-state index in [9.17, 15) is 13.2 Å². The molecule has 18 heavy (non-hydrogen) atoms. The van der Waals surface area contributed by atoms with E-state index < -0.39 is 18.5 Å². The van der Waals surface area contributed by atoms with Crippen molar-refractivity contribution in [2.45, 2.75) is 43.6 Å². The molecular weight excluding hydrogens is 243 g/mol. The number of nitrogens with one attached hydrogen (secondary N) is 2. The van der Waals surface area contributed by atoms with E-state index in [1.54, 1.807) is 0 Å². The van der Waals surface area contributed by atoms with Gasteiger partial charge in [-0.3, -0.25) is 10.2 Å². The van der Waals surface area contributed by atoms with Gasteiger partial charge in [0.1, 0.15) is 12.3 Å². The van der Waals surface area contributed by atoms with E-state index in [-0.39, 0.29) is 24.5 Å². The van der Waals surface area contributed by atoms with Crippen LogP contribution in [0.5, 0.6) is 0 Å². The van der Waals surface area contributed by atoms with Gasteiger partial charge in [0.05, 0.1) is 6.17 Å². The van der Waals surface area contributed by atoms with Gasteiger partial charge in [0, 0.05) is 38.1 Å². The Hall–Kier alpha value is -0.330. The molecule has 0 aromatic rings. The fraction of sp³-hybridized carbons (Fsp3) is 1.00. The highest BCUT2D eigenvalue weighted by Gasteiger charge is 2.48. The van der Waals surface area contributed by atoms with Gasteiger partial charge in [-0.05, 0) is 12.8 Å². The molecule has 0 amide bonds. The van der Waals surface area contributed by atoms with Crippen molar-refractivity contribution in [2.24, 2.45) is 5.92 Å². The predicted molar refractivity (Wildman–Crippen MR) is 62.6 cm³/mol. The maximum Gasteiger partial charge on any atom is 0.162 e. The molecule has 1 saturated carbocycles. The van der Waals surface area contributed by atoms with Crippen LogP contribution in [0.2, 0.25) is 0 Å². The monoisotopic (exact) mass is 263 g/mol. The van der Waals surface area contributed by atoms with E-state index in [2.05, 4.69) is 15.5 Å². The molecule has 2 aliphatic heterocycles. The Kier molecular flexibility index (Phi) is 3.51. The maximum absolute atomic E-state index is 14.0. The van der Waals surface area contributed by atoms with Crippen molar-refractivity contribution in [3.63, 3.8) is 0 Å². The number of halogens is 3. The summed E-state index contributed by atoms with van der Waals surface area (Å²) < 4.78 is 40.7. The Morgan fingerprint density at radius 1 is 1.00 bits per heavy atom. The van der Waals surface area contributed by atoms with Gasteiger partial charge < -0.3 is 5.32 Å². The molecule has 1 aliphatic carbocycles. The summed E-state index contributed by atoms with van der Waals surface area (Å²) in [5, 5.41) is 6.61. The number of rotatable bonds is 1. The molecule has 0 aromatic heterocycles. The standard InChI is InChI=1S/C12H20F3N3/c13-8-2-1-7(11(14)12(8)15)9-5-17-10-6-16-3-4-18(9)10/h7-12,16-17H,1-6H2. The average Bonchev–Trinajstić information content (AvgIpc) is 2.80. The molecule has 0 radical (unpaired) electrons. The van der Waals surface area contributed by atoms with Gasteiger partial charge in [-0.15, -0.1) is 0 Å². The molecule has 2 heterocycles. The molecule has 6 heteroatoms. The predicted octanol–water partition coefficient (Wildman–Crippen LogP) is 0.614. The van der Waals surface area contributed by atoms with Gasteiger partial charge in [-0.25, -0.2) is 13.2 Å². The van der Waals surface area contributed by atoms with E-state index in [0.29, 0.717) is 13.0 Å². The second-order valence-electron chi connectivity index (χ2n) is 5.58. The third-order valence-corrected chi connectivity index (χ3v) is 4.60. The molecule has 6 unspecified atom stereocenters. The van der Waals surface area contributed by atoms with Crippen LogP contribution in [0.3, 0.4) is 0 Å². The van der Waals surface area contributed by atoms with Crippen LogP contribution in [0.1, 0.15) is 12.8 Å². The third kappa shape index (κ3) is 2.04. The summed E-state index contributed by atoms with van der Waals surface area (Å²) in [6.45, 7) is 3.25. The zero-order chi connectivity index (χ0) is 12.7. The molecule has 3 rings (SSSR count). The smallest absolute Gasteiger partial charge is 0.162 e. The molecule has 3 nitrogen and oxygen atoms in total. The van der Waals surface area contributed by atoms with Gasteiger partial charge in [0.25, 0.3) is 0 Å². The normalized spacial score (nSPS) is 50.2. The summed E-state index contributed by atoms with van der Waals surface area (Å²) in [6.07, 6.45) is -4.40. The Morgan fingerprint density at radius 3 is 2.67 bits per heavy atom. The maximum atomic E-state index is 14.0. The van der Waals surface area contributed by atoms with Crippen LogP contribution >= 0.6 is 0 Å². The molecule has 104 valence electrons. The second-order valence-corrected chi connectivity index (χ2v) is 5.58. The van der Waals surface area contributed by atoms with Gasteiger partial charge in [0.2, 0.25) is 0 Å². The van der Waals surface area contributed by atoms with Crippen LogP contribution in [-0.4, -0.2) is 61.8 Å². The number of hydrogen-bond donors (Lipinski definition) is 2. The number of piperazine rings is 1. The minimum Gasteiger partial charge on any atom is -0.313 e. The second kappa shape index (κ2) is 4.98. The molecular formula is C12H20F3N3. The van der Waals surface area contributed by atoms with Crippen LogP contribution in [0.4, 0.5) is 13.2 Å². The third-order valence-electron chi connectivity index (χ3n) is 4.60. The van der Waals surface area contributed by atoms with E-state index >= 15 is 0 Å². The van der Waals surface area contributed by atoms with Crippen LogP contribution in [-0.2, 0) is 0 Å². The molecule has 3 fully saturated rings. The molecule has 6 atom stereocenters. The molecule has 2 N–H and O–H groups in total. The van der Waals surface area contributed by atoms with E-state index in [1.165, 1.54) is 0 Å². The van der Waals surface area contributed by atoms with Crippen LogP contribution in [0.15, 0.2) is 0 Å². The largest absolute Gasteiger partial charge is 0.313 e. The Labute approximate surface area is 105 Å². The SMILES string of the molecule is FC1CCC(C2CNC3CNCCN32)C(F)C1F. The van der Waals surface area contributed by atoms with Crippen LogP contribution < -0.4 is 10.6 Å². The first kappa shape index (κ1) is 12.7. The van der Waals surface area contributed by atoms with Gasteiger partial charge in [-0.2, -0.15) is 0 Å². The van der Waals surface area contributed by atoms with Gasteiger partial charge in [-0.1, -0.05) is 0 Å². The number of alkyl halides is 3. The number of fused-ring (bicyclic) bond motifs is 1. The van der Waals surface area contributed by atoms with Crippen molar-refractivity contribution in [3.05, 3.63) is 0 Å². The Balaban J connectivity index is 1.71. The van der Waals surface area contributed by atoms with E-state index in [1.807, 2.05) is 0 Å². The Bertz CT molecular complexity index is 304. The highest BCUT2D eigenvalue weighted by molar-refractivity contribution is 5.00. The number of hydrogen-bond acceptors (Lipinski definition) is 3. The highest BCUT2D eigenvalue weighted by atomic mass is 19.2. The minimum atomic E-state index is -1.94. The minimum absolute atomic E-state index is 0.0119. The van der Waals surface area contributed by atoms with Crippen molar-refractivity contribution in [3.8, 4) is 0 Å². The van der Waals surface area contributed by atoms with Gasteiger partial charge >= 0.3 is 0 Å². The lowest BCUT2D eigenvalue weighted by Crippen LogP contribution is -2.56. The van der Waals surface area contributed by atoms with Crippen molar-refractivity contribution in [1.82, 2.24) is 15.5 Å². The molecule has 0 spiro atoms. The average molecular weight is 263 g/mol. The summed E-state index contributed by atoms with van der Waals surface area (Å²) in [4.78, 5) is 2.22. The van der Waals surface area contributed by atoms with Crippen LogP contribution in [0.25, 0.3) is 0 Å². The highest BCUT2D eigenvalue weighted by Crippen LogP contribution is 2.36. The summed E-state index contributed by atoms with van der Waals surface area (Å²) in [7, 11) is 0. The lowest BCUT2D eigenvalue weighted by Gasteiger charge is -2.41. The van der Waals surface area contributed by atoms with Crippen molar-refractivity contribution in [1.29, 1.82) is 0 Å². The van der Waals surface area contributed by atoms with Crippen molar-refractivity contribution >= 4 is 0 Å². The van der Waals surface area contributed by atoms with Crippen LogP contribution in [0, 0.1) is 5.92 Å². The first-order valence-corrected chi connectivity index (χ1v) is 6.80. The van der Waals surface area contributed by atoms with Gasteiger partial charge in [0.15, 0.2) is 6.17 Å². The van der Waals surface area contributed by atoms with E-state index in [4.69, 9.17) is 0 Å². The topological polar surface area (TPSA) is 27.3 Å². The molecule has 3 aliphatic rings. The lowest BCUT2D eigenvalue weighted by molar-refractivity contribution is -0.0254. The first-order chi connectivity index (χ1) is 8.68. The lowest BCUT2D eigenvalue weighted by atomic mass is 9.80. The van der Waals surface area contributed by atoms with Crippen molar-refractivity contribution in [2.75, 3.05) is 26.2 Å².